The number of amides is 1. The molecule has 0 unspecified atom stereocenters. The smallest absolute Gasteiger partial charge is 0.270 e. The van der Waals surface area contributed by atoms with Gasteiger partial charge in [0, 0.05) is 23.8 Å². The van der Waals surface area contributed by atoms with Crippen molar-refractivity contribution in [3.63, 3.8) is 0 Å². The van der Waals surface area contributed by atoms with Gasteiger partial charge in [-0.15, -0.1) is 0 Å². The lowest BCUT2D eigenvalue weighted by Gasteiger charge is -2.07. The highest BCUT2D eigenvalue weighted by molar-refractivity contribution is 6.30. The Bertz CT molecular complexity index is 873. The summed E-state index contributed by atoms with van der Waals surface area (Å²) < 4.78 is 6.92. The van der Waals surface area contributed by atoms with Crippen molar-refractivity contribution in [1.82, 2.24) is 14.7 Å². The molecule has 0 atom stereocenters. The maximum atomic E-state index is 12.5. The number of carbonyl (C=O) groups is 1. The van der Waals surface area contributed by atoms with Gasteiger partial charge in [0.2, 0.25) is 0 Å². The standard InChI is InChI=1S/C17H16ClN3O2/c1-11-16(21-7-6-13(18)9-15(21)20-11)17(22)19-10-12-4-3-5-14(8-12)23-2/h3-9H,10H2,1-2H3,(H,19,22). The molecule has 1 amide bonds. The summed E-state index contributed by atoms with van der Waals surface area (Å²) in [6.45, 7) is 2.22. The van der Waals surface area contributed by atoms with Gasteiger partial charge < -0.3 is 10.1 Å². The van der Waals surface area contributed by atoms with E-state index in [2.05, 4.69) is 10.3 Å². The van der Waals surface area contributed by atoms with Crippen molar-refractivity contribution in [3.8, 4) is 5.75 Å². The first-order valence-electron chi connectivity index (χ1n) is 7.14. The molecule has 0 saturated heterocycles. The van der Waals surface area contributed by atoms with Crippen molar-refractivity contribution in [3.05, 3.63) is 64.6 Å². The molecule has 0 radical (unpaired) electrons. The molecule has 2 heterocycles. The lowest BCUT2D eigenvalue weighted by atomic mass is 10.2. The third kappa shape index (κ3) is 3.14. The first-order chi connectivity index (χ1) is 11.1. The number of pyridine rings is 1. The quantitative estimate of drug-likeness (QED) is 0.799. The molecule has 1 aromatic carbocycles. The largest absolute Gasteiger partial charge is 0.497 e. The van der Waals surface area contributed by atoms with Crippen LogP contribution >= 0.6 is 11.6 Å². The van der Waals surface area contributed by atoms with E-state index in [1.807, 2.05) is 24.3 Å². The van der Waals surface area contributed by atoms with Gasteiger partial charge in [-0.1, -0.05) is 23.7 Å². The second-order valence-electron chi connectivity index (χ2n) is 5.15. The topological polar surface area (TPSA) is 55.6 Å². The zero-order chi connectivity index (χ0) is 16.4. The Morgan fingerprint density at radius 2 is 2.17 bits per heavy atom. The molecule has 0 aliphatic rings. The van der Waals surface area contributed by atoms with Crippen molar-refractivity contribution in [1.29, 1.82) is 0 Å². The minimum absolute atomic E-state index is 0.180. The Morgan fingerprint density at radius 1 is 1.35 bits per heavy atom. The molecule has 118 valence electrons. The fraction of sp³-hybridized carbons (Fsp3) is 0.176. The van der Waals surface area contributed by atoms with Crippen LogP contribution in [0, 0.1) is 6.92 Å². The van der Waals surface area contributed by atoms with Gasteiger partial charge in [0.15, 0.2) is 0 Å². The van der Waals surface area contributed by atoms with Crippen molar-refractivity contribution in [2.24, 2.45) is 0 Å². The van der Waals surface area contributed by atoms with Crippen LogP contribution in [0.4, 0.5) is 0 Å². The predicted molar refractivity (Wildman–Crippen MR) is 89.1 cm³/mol. The van der Waals surface area contributed by atoms with Crippen molar-refractivity contribution >= 4 is 23.2 Å². The number of nitrogens with zero attached hydrogens (tertiary/aromatic N) is 2. The Hall–Kier alpha value is -2.53. The third-order valence-corrected chi connectivity index (χ3v) is 3.80. The van der Waals surface area contributed by atoms with Gasteiger partial charge in [-0.3, -0.25) is 9.20 Å². The maximum absolute atomic E-state index is 12.5. The molecule has 1 N–H and O–H groups in total. The summed E-state index contributed by atoms with van der Waals surface area (Å²) in [4.78, 5) is 16.9. The van der Waals surface area contributed by atoms with Gasteiger partial charge in [-0.05, 0) is 30.7 Å². The monoisotopic (exact) mass is 329 g/mol. The number of nitrogens with one attached hydrogen (secondary N) is 1. The molecule has 0 saturated carbocycles. The van der Waals surface area contributed by atoms with Crippen LogP contribution in [0.1, 0.15) is 21.7 Å². The van der Waals surface area contributed by atoms with Crippen molar-refractivity contribution in [2.45, 2.75) is 13.5 Å². The summed E-state index contributed by atoms with van der Waals surface area (Å²) in [6, 6.07) is 11.0. The Kier molecular flexibility index (Phi) is 4.21. The van der Waals surface area contributed by atoms with Crippen LogP contribution in [0.15, 0.2) is 42.6 Å². The molecule has 0 bridgehead atoms. The number of hydrogen-bond donors (Lipinski definition) is 1. The zero-order valence-corrected chi connectivity index (χ0v) is 13.6. The second kappa shape index (κ2) is 6.30. The van der Waals surface area contributed by atoms with E-state index in [0.717, 1.165) is 11.3 Å². The average Bonchev–Trinajstić information content (AvgIpc) is 2.87. The number of hydrogen-bond acceptors (Lipinski definition) is 3. The van der Waals surface area contributed by atoms with Gasteiger partial charge in [0.05, 0.1) is 12.8 Å². The Labute approximate surface area is 138 Å². The molecule has 0 aliphatic heterocycles. The third-order valence-electron chi connectivity index (χ3n) is 3.56. The van der Waals surface area contributed by atoms with Crippen LogP contribution in [0.25, 0.3) is 5.65 Å². The minimum atomic E-state index is -0.180. The number of ether oxygens (including phenoxy) is 1. The van der Waals surface area contributed by atoms with Gasteiger partial charge in [-0.2, -0.15) is 0 Å². The van der Waals surface area contributed by atoms with Crippen molar-refractivity contribution in [2.75, 3.05) is 7.11 Å². The molecular formula is C17H16ClN3O2. The normalized spacial score (nSPS) is 10.7. The van der Waals surface area contributed by atoms with E-state index in [-0.39, 0.29) is 5.91 Å². The fourth-order valence-electron chi connectivity index (χ4n) is 2.46. The number of benzene rings is 1. The summed E-state index contributed by atoms with van der Waals surface area (Å²) in [6.07, 6.45) is 1.75. The average molecular weight is 330 g/mol. The molecule has 0 spiro atoms. The van der Waals surface area contributed by atoms with E-state index >= 15 is 0 Å². The van der Waals surface area contributed by atoms with E-state index in [1.54, 1.807) is 36.8 Å². The number of aromatic nitrogens is 2. The molecule has 2 aromatic heterocycles. The van der Waals surface area contributed by atoms with E-state index in [1.165, 1.54) is 0 Å². The number of rotatable bonds is 4. The molecule has 6 heteroatoms. The SMILES string of the molecule is COc1cccc(CNC(=O)c2c(C)nc3cc(Cl)ccn23)c1. The first kappa shape index (κ1) is 15.4. The van der Waals surface area contributed by atoms with E-state index < -0.39 is 0 Å². The number of aryl methyl sites for hydroxylation is 1. The fourth-order valence-corrected chi connectivity index (χ4v) is 2.61. The number of fused-ring (bicyclic) bond motifs is 1. The summed E-state index contributed by atoms with van der Waals surface area (Å²) in [5, 5.41) is 3.50. The highest BCUT2D eigenvalue weighted by Crippen LogP contribution is 2.17. The van der Waals surface area contributed by atoms with E-state index in [0.29, 0.717) is 28.6 Å². The number of carbonyl (C=O) groups excluding carboxylic acids is 1. The van der Waals surface area contributed by atoms with Gasteiger partial charge in [0.1, 0.15) is 17.1 Å². The maximum Gasteiger partial charge on any atom is 0.270 e. The number of imidazole rings is 1. The summed E-state index contributed by atoms with van der Waals surface area (Å²) >= 11 is 5.96. The second-order valence-corrected chi connectivity index (χ2v) is 5.59. The predicted octanol–water partition coefficient (Wildman–Crippen LogP) is 3.23. The molecule has 3 rings (SSSR count). The molecule has 0 fully saturated rings. The van der Waals surface area contributed by atoms with E-state index in [4.69, 9.17) is 16.3 Å². The summed E-state index contributed by atoms with van der Waals surface area (Å²) in [5.74, 6) is 0.581. The van der Waals surface area contributed by atoms with Crippen molar-refractivity contribution < 1.29 is 9.53 Å². The minimum Gasteiger partial charge on any atom is -0.497 e. The lowest BCUT2D eigenvalue weighted by Crippen LogP contribution is -2.25. The zero-order valence-electron chi connectivity index (χ0n) is 12.8. The number of methoxy groups -OCH3 is 1. The van der Waals surface area contributed by atoms with Gasteiger partial charge in [0.25, 0.3) is 5.91 Å². The van der Waals surface area contributed by atoms with Crippen LogP contribution in [0.5, 0.6) is 5.75 Å². The molecule has 5 nitrogen and oxygen atoms in total. The van der Waals surface area contributed by atoms with Gasteiger partial charge >= 0.3 is 0 Å². The van der Waals surface area contributed by atoms with Crippen LogP contribution in [-0.4, -0.2) is 22.4 Å². The molecule has 23 heavy (non-hydrogen) atoms. The summed E-state index contributed by atoms with van der Waals surface area (Å²) in [7, 11) is 1.62. The molecule has 0 aliphatic carbocycles. The van der Waals surface area contributed by atoms with Crippen LogP contribution < -0.4 is 10.1 Å². The molecule has 3 aromatic rings. The highest BCUT2D eigenvalue weighted by Gasteiger charge is 2.16. The van der Waals surface area contributed by atoms with Crippen LogP contribution in [0.2, 0.25) is 5.02 Å². The van der Waals surface area contributed by atoms with Crippen LogP contribution in [0.3, 0.4) is 0 Å². The Morgan fingerprint density at radius 3 is 2.96 bits per heavy atom. The molecular weight excluding hydrogens is 314 g/mol. The highest BCUT2D eigenvalue weighted by atomic mass is 35.5. The van der Waals surface area contributed by atoms with E-state index in [9.17, 15) is 4.79 Å². The van der Waals surface area contributed by atoms with Crippen LogP contribution in [-0.2, 0) is 6.54 Å². The lowest BCUT2D eigenvalue weighted by molar-refractivity contribution is 0.0944. The number of halogens is 1. The van der Waals surface area contributed by atoms with Gasteiger partial charge in [-0.25, -0.2) is 4.98 Å². The Balaban J connectivity index is 1.82. The first-order valence-corrected chi connectivity index (χ1v) is 7.51. The summed E-state index contributed by atoms with van der Waals surface area (Å²) in [5.41, 5.74) is 2.80.